The number of aryl methyl sites for hydroxylation is 1. The van der Waals surface area contributed by atoms with Crippen molar-refractivity contribution in [3.63, 3.8) is 0 Å². The summed E-state index contributed by atoms with van der Waals surface area (Å²) < 4.78 is 0. The number of carbonyl (C=O) groups is 1. The molecule has 0 bridgehead atoms. The van der Waals surface area contributed by atoms with E-state index in [4.69, 9.17) is 0 Å². The molecule has 0 saturated heterocycles. The number of nitrogens with one attached hydrogen (secondary N) is 2. The quantitative estimate of drug-likeness (QED) is 0.627. The lowest BCUT2D eigenvalue weighted by atomic mass is 9.78. The van der Waals surface area contributed by atoms with Crippen LogP contribution < -0.4 is 10.6 Å². The predicted octanol–water partition coefficient (Wildman–Crippen LogP) is 5.37. The van der Waals surface area contributed by atoms with Crippen molar-refractivity contribution in [1.82, 2.24) is 4.98 Å². The van der Waals surface area contributed by atoms with Crippen molar-refractivity contribution in [2.24, 2.45) is 0 Å². The minimum absolute atomic E-state index is 0.189. The highest BCUT2D eigenvalue weighted by Gasteiger charge is 2.36. The van der Waals surface area contributed by atoms with E-state index in [1.807, 2.05) is 36.5 Å². The van der Waals surface area contributed by atoms with Gasteiger partial charge in [0, 0.05) is 30.1 Å². The molecule has 0 radical (unpaired) electrons. The number of para-hydroxylation sites is 2. The maximum absolute atomic E-state index is 13.4. The number of nitrogens with zero attached hydrogens (tertiary/aromatic N) is 1. The van der Waals surface area contributed by atoms with Crippen LogP contribution in [0.3, 0.4) is 0 Å². The maximum Gasteiger partial charge on any atom is 0.163 e. The molecule has 1 aliphatic carbocycles. The van der Waals surface area contributed by atoms with E-state index in [0.29, 0.717) is 6.42 Å². The summed E-state index contributed by atoms with van der Waals surface area (Å²) in [5.41, 5.74) is 7.30. The van der Waals surface area contributed by atoms with Crippen LogP contribution in [0.5, 0.6) is 0 Å². The zero-order valence-electron chi connectivity index (χ0n) is 16.4. The molecule has 1 aliphatic heterocycles. The lowest BCUT2D eigenvalue weighted by Crippen LogP contribution is -2.26. The topological polar surface area (TPSA) is 54.0 Å². The second-order valence-corrected chi connectivity index (χ2v) is 7.87. The van der Waals surface area contributed by atoms with Gasteiger partial charge in [0.1, 0.15) is 0 Å². The first-order valence-corrected chi connectivity index (χ1v) is 10.0. The van der Waals surface area contributed by atoms with E-state index < -0.39 is 0 Å². The van der Waals surface area contributed by atoms with Crippen LogP contribution in [0.1, 0.15) is 41.5 Å². The van der Waals surface area contributed by atoms with E-state index in [0.717, 1.165) is 34.6 Å². The number of anilines is 2. The summed E-state index contributed by atoms with van der Waals surface area (Å²) in [5.74, 6) is 0.382. The number of fused-ring (bicyclic) bond motifs is 1. The first-order chi connectivity index (χ1) is 14.2. The molecule has 2 aromatic carbocycles. The molecule has 0 fully saturated rings. The Hall–Kier alpha value is -3.40. The van der Waals surface area contributed by atoms with Crippen LogP contribution in [0.4, 0.5) is 11.4 Å². The third-order valence-electron chi connectivity index (χ3n) is 5.88. The lowest BCUT2D eigenvalue weighted by molar-refractivity contribution is -0.116. The molecule has 4 heteroatoms. The minimum Gasteiger partial charge on any atom is -0.372 e. The number of hydrogen-bond acceptors (Lipinski definition) is 4. The molecule has 5 rings (SSSR count). The molecule has 0 amide bonds. The fourth-order valence-corrected chi connectivity index (χ4v) is 4.36. The van der Waals surface area contributed by atoms with E-state index in [1.54, 1.807) is 6.20 Å². The van der Waals surface area contributed by atoms with Crippen LogP contribution in [0, 0.1) is 6.92 Å². The van der Waals surface area contributed by atoms with Gasteiger partial charge in [-0.25, -0.2) is 0 Å². The van der Waals surface area contributed by atoms with Crippen LogP contribution in [0.25, 0.3) is 0 Å². The summed E-state index contributed by atoms with van der Waals surface area (Å²) in [4.78, 5) is 17.7. The fraction of sp³-hybridized carbons (Fsp3) is 0.200. The van der Waals surface area contributed by atoms with E-state index in [-0.39, 0.29) is 17.7 Å². The smallest absolute Gasteiger partial charge is 0.163 e. The van der Waals surface area contributed by atoms with Crippen molar-refractivity contribution in [2.45, 2.75) is 31.7 Å². The number of hydrogen-bond donors (Lipinski definition) is 2. The molecule has 2 heterocycles. The molecule has 144 valence electrons. The Kier molecular flexibility index (Phi) is 4.39. The van der Waals surface area contributed by atoms with Crippen LogP contribution >= 0.6 is 0 Å². The Labute approximate surface area is 170 Å². The van der Waals surface area contributed by atoms with Gasteiger partial charge in [0.15, 0.2) is 5.78 Å². The molecular formula is C25H23N3O. The van der Waals surface area contributed by atoms with E-state index in [1.165, 1.54) is 11.1 Å². The lowest BCUT2D eigenvalue weighted by Gasteiger charge is -2.29. The number of Topliss-reactive ketones (excluding diaryl/α,β-unsaturated/α-hetero) is 1. The molecular weight excluding hydrogens is 358 g/mol. The highest BCUT2D eigenvalue weighted by molar-refractivity contribution is 6.01. The van der Waals surface area contributed by atoms with Gasteiger partial charge in [0.25, 0.3) is 0 Å². The molecule has 2 atom stereocenters. The molecule has 4 nitrogen and oxygen atoms in total. The zero-order valence-corrected chi connectivity index (χ0v) is 16.4. The van der Waals surface area contributed by atoms with Crippen LogP contribution in [-0.4, -0.2) is 10.8 Å². The van der Waals surface area contributed by atoms with E-state index in [2.05, 4.69) is 52.9 Å². The highest BCUT2D eigenvalue weighted by atomic mass is 16.1. The Morgan fingerprint density at radius 2 is 1.69 bits per heavy atom. The summed E-state index contributed by atoms with van der Waals surface area (Å²) in [5, 5.41) is 7.16. The van der Waals surface area contributed by atoms with E-state index in [9.17, 15) is 4.79 Å². The summed E-state index contributed by atoms with van der Waals surface area (Å²) in [7, 11) is 0. The Morgan fingerprint density at radius 3 is 2.45 bits per heavy atom. The minimum atomic E-state index is -0.207. The molecule has 0 saturated carbocycles. The fourth-order valence-electron chi connectivity index (χ4n) is 4.36. The van der Waals surface area contributed by atoms with Crippen molar-refractivity contribution >= 4 is 17.2 Å². The van der Waals surface area contributed by atoms with E-state index >= 15 is 0 Å². The second kappa shape index (κ2) is 7.21. The van der Waals surface area contributed by atoms with Crippen molar-refractivity contribution in [1.29, 1.82) is 0 Å². The van der Waals surface area contributed by atoms with Crippen molar-refractivity contribution < 1.29 is 4.79 Å². The molecule has 0 unspecified atom stereocenters. The van der Waals surface area contributed by atoms with Gasteiger partial charge < -0.3 is 10.6 Å². The van der Waals surface area contributed by atoms with Gasteiger partial charge in [-0.15, -0.1) is 0 Å². The second-order valence-electron chi connectivity index (χ2n) is 7.87. The third-order valence-corrected chi connectivity index (χ3v) is 5.88. The SMILES string of the molecule is Cc1ccc([C@H]2CC(=O)C3=C(C2)Nc2ccccc2N[C@@H]3c2cccnc2)cc1. The molecule has 2 aliphatic rings. The van der Waals surface area contributed by atoms with Gasteiger partial charge in [0.05, 0.1) is 17.4 Å². The monoisotopic (exact) mass is 381 g/mol. The average Bonchev–Trinajstić information content (AvgIpc) is 2.92. The molecule has 3 aromatic rings. The third kappa shape index (κ3) is 3.31. The predicted molar refractivity (Wildman–Crippen MR) is 116 cm³/mol. The number of aromatic nitrogens is 1. The summed E-state index contributed by atoms with van der Waals surface area (Å²) in [6.45, 7) is 2.09. The van der Waals surface area contributed by atoms with Crippen molar-refractivity contribution in [3.05, 3.63) is 101 Å². The number of ketones is 1. The van der Waals surface area contributed by atoms with Crippen LogP contribution in [-0.2, 0) is 4.79 Å². The molecule has 1 aromatic heterocycles. The summed E-state index contributed by atoms with van der Waals surface area (Å²) >= 11 is 0. The van der Waals surface area contributed by atoms with Gasteiger partial charge in [-0.3, -0.25) is 9.78 Å². The van der Waals surface area contributed by atoms with Crippen molar-refractivity contribution in [2.75, 3.05) is 10.6 Å². The summed E-state index contributed by atoms with van der Waals surface area (Å²) in [6, 6.07) is 20.4. The van der Waals surface area contributed by atoms with Crippen LogP contribution in [0.2, 0.25) is 0 Å². The maximum atomic E-state index is 13.4. The van der Waals surface area contributed by atoms with Gasteiger partial charge >= 0.3 is 0 Å². The van der Waals surface area contributed by atoms with Gasteiger partial charge in [0.2, 0.25) is 0 Å². The van der Waals surface area contributed by atoms with Crippen molar-refractivity contribution in [3.8, 4) is 0 Å². The summed E-state index contributed by atoms with van der Waals surface area (Å²) in [6.07, 6.45) is 4.95. The first-order valence-electron chi connectivity index (χ1n) is 10.0. The zero-order chi connectivity index (χ0) is 19.8. The normalized spacial score (nSPS) is 20.8. The Bertz CT molecular complexity index is 1090. The van der Waals surface area contributed by atoms with Gasteiger partial charge in [-0.2, -0.15) is 0 Å². The average molecular weight is 381 g/mol. The number of benzene rings is 2. The van der Waals surface area contributed by atoms with Gasteiger partial charge in [-0.1, -0.05) is 48.0 Å². The molecule has 2 N–H and O–H groups in total. The number of rotatable bonds is 2. The number of allylic oxidation sites excluding steroid dienone is 1. The molecule has 29 heavy (non-hydrogen) atoms. The number of carbonyl (C=O) groups excluding carboxylic acids is 1. The standard InChI is InChI=1S/C25H23N3O/c1-16-8-10-17(11-9-16)19-13-22-24(23(29)14-19)25(18-5-4-12-26-15-18)28-21-7-3-2-6-20(21)27-22/h2-12,15,19,25,27-28H,13-14H2,1H3/t19-,25-/m1/s1. The highest BCUT2D eigenvalue weighted by Crippen LogP contribution is 2.44. The number of pyridine rings is 1. The Balaban J connectivity index is 1.60. The molecule has 0 spiro atoms. The largest absolute Gasteiger partial charge is 0.372 e. The first kappa shape index (κ1) is 17.7. The van der Waals surface area contributed by atoms with Gasteiger partial charge in [-0.05, 0) is 48.6 Å². The van der Waals surface area contributed by atoms with Crippen LogP contribution in [0.15, 0.2) is 84.3 Å². The Morgan fingerprint density at radius 1 is 0.897 bits per heavy atom.